The maximum atomic E-state index is 11.7. The largest absolute Gasteiger partial charge is 0.463 e. The number of benzene rings is 1. The van der Waals surface area contributed by atoms with Crippen LogP contribution in [-0.2, 0) is 0 Å². The molecule has 0 saturated carbocycles. The number of carbonyl (C=O) groups is 1. The summed E-state index contributed by atoms with van der Waals surface area (Å²) in [6.07, 6.45) is 1.22. The first-order chi connectivity index (χ1) is 6.70. The van der Waals surface area contributed by atoms with E-state index in [1.807, 2.05) is 0 Å². The van der Waals surface area contributed by atoms with Crippen LogP contribution in [0.4, 0.5) is 0 Å². The minimum Gasteiger partial charge on any atom is -0.463 e. The van der Waals surface area contributed by atoms with Gasteiger partial charge in [-0.25, -0.2) is 0 Å². The zero-order valence-electron chi connectivity index (χ0n) is 7.61. The molecular formula is C11H8O3. The smallest absolute Gasteiger partial charge is 0.203 e. The molecule has 2 rings (SSSR count). The van der Waals surface area contributed by atoms with E-state index in [-0.39, 0.29) is 16.8 Å². The Morgan fingerprint density at radius 2 is 2.00 bits per heavy atom. The summed E-state index contributed by atoms with van der Waals surface area (Å²) >= 11 is 0. The molecule has 3 nitrogen and oxygen atoms in total. The zero-order valence-corrected chi connectivity index (χ0v) is 7.61. The number of hydrogen-bond acceptors (Lipinski definition) is 3. The van der Waals surface area contributed by atoms with Crippen LogP contribution >= 0.6 is 0 Å². The van der Waals surface area contributed by atoms with Gasteiger partial charge >= 0.3 is 0 Å². The van der Waals surface area contributed by atoms with Crippen molar-refractivity contribution in [2.24, 2.45) is 0 Å². The molecule has 3 heteroatoms. The summed E-state index contributed by atoms with van der Waals surface area (Å²) in [5.41, 5.74) is 0.338. The third-order valence-electron chi connectivity index (χ3n) is 2.06. The first kappa shape index (κ1) is 8.69. The lowest BCUT2D eigenvalue weighted by atomic mass is 10.1. The summed E-state index contributed by atoms with van der Waals surface area (Å²) in [7, 11) is 0. The maximum Gasteiger partial charge on any atom is 0.203 e. The van der Waals surface area contributed by atoms with Gasteiger partial charge in [-0.15, -0.1) is 0 Å². The molecular weight excluding hydrogens is 180 g/mol. The molecule has 1 heterocycles. The lowest BCUT2D eigenvalue weighted by Gasteiger charge is -1.97. The van der Waals surface area contributed by atoms with Gasteiger partial charge in [0.05, 0.1) is 5.39 Å². The monoisotopic (exact) mass is 188 g/mol. The second kappa shape index (κ2) is 3.10. The van der Waals surface area contributed by atoms with Crippen molar-refractivity contribution in [3.05, 3.63) is 46.3 Å². The molecule has 0 saturated heterocycles. The molecule has 0 atom stereocenters. The zero-order chi connectivity index (χ0) is 10.1. The number of fused-ring (bicyclic) bond motifs is 1. The van der Waals surface area contributed by atoms with Crippen LogP contribution in [-0.4, -0.2) is 5.78 Å². The molecule has 1 aromatic carbocycles. The fourth-order valence-electron chi connectivity index (χ4n) is 1.32. The molecule has 0 aliphatic heterocycles. The second-order valence-corrected chi connectivity index (χ2v) is 3.03. The van der Waals surface area contributed by atoms with Gasteiger partial charge in [0.25, 0.3) is 0 Å². The molecule has 0 N–H and O–H groups in total. The highest BCUT2D eigenvalue weighted by Crippen LogP contribution is 2.10. The van der Waals surface area contributed by atoms with E-state index in [1.54, 1.807) is 24.3 Å². The average Bonchev–Trinajstić information content (AvgIpc) is 2.18. The Bertz CT molecular complexity index is 552. The molecule has 0 amide bonds. The quantitative estimate of drug-likeness (QED) is 0.643. The summed E-state index contributed by atoms with van der Waals surface area (Å²) in [4.78, 5) is 22.7. The van der Waals surface area contributed by atoms with Crippen molar-refractivity contribution in [1.29, 1.82) is 0 Å². The third kappa shape index (κ3) is 1.23. The molecule has 70 valence electrons. The molecule has 0 unspecified atom stereocenters. The highest BCUT2D eigenvalue weighted by molar-refractivity contribution is 5.96. The summed E-state index contributed by atoms with van der Waals surface area (Å²) in [6.45, 7) is 1.35. The maximum absolute atomic E-state index is 11.7. The summed E-state index contributed by atoms with van der Waals surface area (Å²) in [5, 5.41) is 0.445. The predicted octanol–water partition coefficient (Wildman–Crippen LogP) is 2.00. The van der Waals surface area contributed by atoms with Crippen LogP contribution in [0.3, 0.4) is 0 Å². The van der Waals surface area contributed by atoms with Gasteiger partial charge in [0.15, 0.2) is 5.78 Å². The Labute approximate surface area is 80.0 Å². The van der Waals surface area contributed by atoms with Crippen molar-refractivity contribution < 1.29 is 9.21 Å². The van der Waals surface area contributed by atoms with Gasteiger partial charge in [-0.1, -0.05) is 12.1 Å². The SMILES string of the molecule is CC(=O)c1coc2ccccc2c1=O. The Hall–Kier alpha value is -1.90. The lowest BCUT2D eigenvalue weighted by Crippen LogP contribution is -2.12. The molecule has 14 heavy (non-hydrogen) atoms. The topological polar surface area (TPSA) is 47.3 Å². The van der Waals surface area contributed by atoms with Crippen molar-refractivity contribution in [2.45, 2.75) is 6.92 Å². The van der Waals surface area contributed by atoms with Gasteiger partial charge in [0.2, 0.25) is 5.43 Å². The van der Waals surface area contributed by atoms with E-state index in [2.05, 4.69) is 0 Å². The van der Waals surface area contributed by atoms with Gasteiger partial charge in [0.1, 0.15) is 17.4 Å². The molecule has 0 aliphatic rings. The second-order valence-electron chi connectivity index (χ2n) is 3.03. The van der Waals surface area contributed by atoms with Crippen LogP contribution in [0.25, 0.3) is 11.0 Å². The Morgan fingerprint density at radius 1 is 1.29 bits per heavy atom. The molecule has 0 fully saturated rings. The molecule has 0 bridgehead atoms. The highest BCUT2D eigenvalue weighted by atomic mass is 16.3. The number of ketones is 1. The van der Waals surface area contributed by atoms with E-state index in [1.165, 1.54) is 13.2 Å². The van der Waals surface area contributed by atoms with Crippen LogP contribution in [0.2, 0.25) is 0 Å². The van der Waals surface area contributed by atoms with Gasteiger partial charge in [-0.05, 0) is 19.1 Å². The number of para-hydroxylation sites is 1. The van der Waals surface area contributed by atoms with Crippen molar-refractivity contribution in [3.8, 4) is 0 Å². The fourth-order valence-corrected chi connectivity index (χ4v) is 1.32. The average molecular weight is 188 g/mol. The Kier molecular flexibility index (Phi) is 1.93. The van der Waals surface area contributed by atoms with E-state index in [9.17, 15) is 9.59 Å². The molecule has 2 aromatic rings. The normalized spacial score (nSPS) is 10.4. The van der Waals surface area contributed by atoms with Crippen LogP contribution in [0, 0.1) is 0 Å². The van der Waals surface area contributed by atoms with Crippen molar-refractivity contribution in [1.82, 2.24) is 0 Å². The van der Waals surface area contributed by atoms with Crippen LogP contribution < -0.4 is 5.43 Å². The van der Waals surface area contributed by atoms with E-state index < -0.39 is 0 Å². The summed E-state index contributed by atoms with van der Waals surface area (Å²) in [6, 6.07) is 6.86. The van der Waals surface area contributed by atoms with Crippen molar-refractivity contribution in [3.63, 3.8) is 0 Å². The van der Waals surface area contributed by atoms with Crippen molar-refractivity contribution in [2.75, 3.05) is 0 Å². The Morgan fingerprint density at radius 3 is 2.71 bits per heavy atom. The van der Waals surface area contributed by atoms with Gasteiger partial charge in [-0.2, -0.15) is 0 Å². The number of rotatable bonds is 1. The van der Waals surface area contributed by atoms with Crippen LogP contribution in [0.1, 0.15) is 17.3 Å². The first-order valence-electron chi connectivity index (χ1n) is 4.21. The van der Waals surface area contributed by atoms with Crippen LogP contribution in [0.5, 0.6) is 0 Å². The molecule has 1 aromatic heterocycles. The van der Waals surface area contributed by atoms with Gasteiger partial charge in [-0.3, -0.25) is 9.59 Å². The van der Waals surface area contributed by atoms with E-state index in [4.69, 9.17) is 4.42 Å². The fraction of sp³-hybridized carbons (Fsp3) is 0.0909. The lowest BCUT2D eigenvalue weighted by molar-refractivity contribution is 0.101. The summed E-state index contributed by atoms with van der Waals surface area (Å²) in [5.74, 6) is -0.274. The minimum atomic E-state index is -0.274. The number of hydrogen-bond donors (Lipinski definition) is 0. The minimum absolute atomic E-state index is 0.101. The van der Waals surface area contributed by atoms with E-state index in [0.717, 1.165) is 0 Å². The van der Waals surface area contributed by atoms with E-state index >= 15 is 0 Å². The Balaban J connectivity index is 2.89. The van der Waals surface area contributed by atoms with Gasteiger partial charge < -0.3 is 4.42 Å². The van der Waals surface area contributed by atoms with Gasteiger partial charge in [0, 0.05) is 0 Å². The molecule has 0 radical (unpaired) electrons. The number of Topliss-reactive ketones (excluding diaryl/α,β-unsaturated/α-hetero) is 1. The first-order valence-corrected chi connectivity index (χ1v) is 4.21. The number of carbonyl (C=O) groups excluding carboxylic acids is 1. The highest BCUT2D eigenvalue weighted by Gasteiger charge is 2.09. The van der Waals surface area contributed by atoms with E-state index in [0.29, 0.717) is 11.0 Å². The van der Waals surface area contributed by atoms with Crippen molar-refractivity contribution >= 4 is 16.8 Å². The summed E-state index contributed by atoms with van der Waals surface area (Å²) < 4.78 is 5.16. The predicted molar refractivity (Wildman–Crippen MR) is 52.5 cm³/mol. The molecule has 0 spiro atoms. The standard InChI is InChI=1S/C11H8O3/c1-7(12)9-6-14-10-5-3-2-4-8(10)11(9)13/h2-6H,1H3. The molecule has 0 aliphatic carbocycles. The van der Waals surface area contributed by atoms with Crippen LogP contribution in [0.15, 0.2) is 39.7 Å². The third-order valence-corrected chi connectivity index (χ3v) is 2.06.